The second-order valence-corrected chi connectivity index (χ2v) is 30.1. The summed E-state index contributed by atoms with van der Waals surface area (Å²) in [6, 6.07) is 65.7. The zero-order valence-corrected chi connectivity index (χ0v) is 46.7. The molecule has 0 spiro atoms. The van der Waals surface area contributed by atoms with Crippen LogP contribution in [0, 0.1) is 0 Å². The number of aromatic nitrogens is 3. The minimum absolute atomic E-state index is 0.00208. The molecule has 5 nitrogen and oxygen atoms in total. The Morgan fingerprint density at radius 1 is 0.453 bits per heavy atom. The zero-order chi connectivity index (χ0) is 52.3. The molecule has 0 fully saturated rings. The molecule has 11 aromatic rings. The third kappa shape index (κ3) is 8.44. The van der Waals surface area contributed by atoms with Gasteiger partial charge in [0.25, 0.3) is 0 Å². The molecule has 6 heteroatoms. The smallest absolute Gasteiger partial charge is 0.137 e. The van der Waals surface area contributed by atoms with E-state index in [4.69, 9.17) is 9.72 Å². The molecule has 0 N–H and O–H groups in total. The summed E-state index contributed by atoms with van der Waals surface area (Å²) in [5.41, 5.74) is 13.2. The van der Waals surface area contributed by atoms with Crippen molar-refractivity contribution in [1.82, 2.24) is 14.1 Å². The Labute approximate surface area is 443 Å². The standard InChI is InChI=1S/C69H68N4OSi/c1-67(2,3)45-30-33-61-60(39-45)57-32-31-50(42-63(57)73(61)64-40-46(34-35-70-64)68(4,5)6)74-49-21-17-20-48(41-49)71-43-72-65-52(44-36-47(69(7,8)9)38-51(37-44)75(10,11)12)26-18-27-58(65)55-24-15-13-22-53(55)54-23-14-16-25-56(54)59-28-19-29-62(71)66(59)72/h13-42H,43H2,1-12H3. The lowest BCUT2D eigenvalue weighted by Crippen LogP contribution is -2.38. The highest BCUT2D eigenvalue weighted by atomic mass is 28.3. The summed E-state index contributed by atoms with van der Waals surface area (Å²) < 4.78 is 11.9. The van der Waals surface area contributed by atoms with Gasteiger partial charge in [-0.3, -0.25) is 4.57 Å². The number of benzene rings is 8. The van der Waals surface area contributed by atoms with Gasteiger partial charge >= 0.3 is 0 Å². The van der Waals surface area contributed by atoms with Crippen LogP contribution in [-0.2, 0) is 22.9 Å². The number of fused-ring (bicyclic) bond motifs is 10. The number of para-hydroxylation sites is 2. The van der Waals surface area contributed by atoms with Crippen LogP contribution in [0.15, 0.2) is 182 Å². The third-order valence-corrected chi connectivity index (χ3v) is 17.7. The molecule has 0 radical (unpaired) electrons. The molecule has 0 unspecified atom stereocenters. The summed E-state index contributed by atoms with van der Waals surface area (Å²) in [4.78, 5) is 7.47. The van der Waals surface area contributed by atoms with Gasteiger partial charge in [0.05, 0.1) is 35.8 Å². The van der Waals surface area contributed by atoms with Gasteiger partial charge in [0, 0.05) is 51.1 Å². The van der Waals surface area contributed by atoms with E-state index in [1.165, 1.54) is 87.1 Å². The number of ether oxygens (including phenoxy) is 1. The summed E-state index contributed by atoms with van der Waals surface area (Å²) in [7, 11) is -1.73. The van der Waals surface area contributed by atoms with Gasteiger partial charge in [-0.15, -0.1) is 0 Å². The van der Waals surface area contributed by atoms with Crippen LogP contribution in [0.4, 0.5) is 11.4 Å². The first-order valence-corrected chi connectivity index (χ1v) is 30.2. The molecule has 374 valence electrons. The van der Waals surface area contributed by atoms with Gasteiger partial charge in [-0.05, 0) is 115 Å². The van der Waals surface area contributed by atoms with Gasteiger partial charge in [0.1, 0.15) is 24.0 Å². The lowest BCUT2D eigenvalue weighted by atomic mass is 9.85. The topological polar surface area (TPSA) is 35.2 Å². The molecule has 8 aromatic carbocycles. The van der Waals surface area contributed by atoms with Crippen molar-refractivity contribution in [3.8, 4) is 28.4 Å². The average molecular weight is 997 g/mol. The van der Waals surface area contributed by atoms with Crippen LogP contribution in [0.3, 0.4) is 0 Å². The Morgan fingerprint density at radius 2 is 1.05 bits per heavy atom. The SMILES string of the molecule is CC(C)(C)c1cc(-c2cccc3c4ccccc4c4ccccc4c4cccc5c4n(c23)CN5c2cccc(Oc3ccc4c5cc(C(C)(C)C)ccc5n(-c5cc(C(C)(C)C)ccn5)c4c3)c2)cc([Si](C)(C)C)c1. The predicted molar refractivity (Wildman–Crippen MR) is 324 cm³/mol. The molecule has 0 aliphatic carbocycles. The minimum atomic E-state index is -1.73. The molecule has 1 aliphatic heterocycles. The molecule has 3 aromatic heterocycles. The predicted octanol–water partition coefficient (Wildman–Crippen LogP) is 18.7. The van der Waals surface area contributed by atoms with Crippen LogP contribution in [0.1, 0.15) is 79.0 Å². The molecule has 0 amide bonds. The maximum atomic E-state index is 6.99. The van der Waals surface area contributed by atoms with Gasteiger partial charge in [0.2, 0.25) is 0 Å². The summed E-state index contributed by atoms with van der Waals surface area (Å²) >= 11 is 0. The van der Waals surface area contributed by atoms with Crippen LogP contribution in [0.5, 0.6) is 11.5 Å². The molecular formula is C69H68N4OSi. The average Bonchev–Trinajstić information content (AvgIpc) is 3.95. The molecule has 0 bridgehead atoms. The number of pyridine rings is 1. The largest absolute Gasteiger partial charge is 0.457 e. The van der Waals surface area contributed by atoms with Crippen LogP contribution in [0.2, 0.25) is 19.6 Å². The minimum Gasteiger partial charge on any atom is -0.457 e. The normalized spacial score (nSPS) is 13.3. The fourth-order valence-corrected chi connectivity index (χ4v) is 12.6. The summed E-state index contributed by atoms with van der Waals surface area (Å²) in [6.07, 6.45) is 1.95. The Bertz CT molecular complexity index is 4150. The molecular weight excluding hydrogens is 929 g/mol. The van der Waals surface area contributed by atoms with Crippen molar-refractivity contribution in [2.45, 2.75) is 105 Å². The second kappa shape index (κ2) is 17.5. The van der Waals surface area contributed by atoms with Gasteiger partial charge in [-0.1, -0.05) is 196 Å². The summed E-state index contributed by atoms with van der Waals surface area (Å²) in [5.74, 6) is 2.44. The van der Waals surface area contributed by atoms with Crippen molar-refractivity contribution < 1.29 is 4.74 Å². The van der Waals surface area contributed by atoms with Crippen molar-refractivity contribution in [2.24, 2.45) is 0 Å². The van der Waals surface area contributed by atoms with E-state index in [0.717, 1.165) is 39.7 Å². The number of anilines is 2. The van der Waals surface area contributed by atoms with E-state index in [0.29, 0.717) is 6.67 Å². The highest BCUT2D eigenvalue weighted by Crippen LogP contribution is 2.46. The van der Waals surface area contributed by atoms with Crippen LogP contribution in [0.25, 0.3) is 82.1 Å². The van der Waals surface area contributed by atoms with E-state index >= 15 is 0 Å². The highest BCUT2D eigenvalue weighted by Gasteiger charge is 2.28. The molecule has 75 heavy (non-hydrogen) atoms. The van der Waals surface area contributed by atoms with Gasteiger partial charge in [-0.25, -0.2) is 4.98 Å². The Morgan fingerprint density at radius 3 is 1.72 bits per heavy atom. The maximum absolute atomic E-state index is 6.99. The second-order valence-electron chi connectivity index (χ2n) is 25.0. The van der Waals surface area contributed by atoms with E-state index in [2.05, 4.69) is 272 Å². The Hall–Kier alpha value is -7.67. The van der Waals surface area contributed by atoms with Crippen molar-refractivity contribution in [1.29, 1.82) is 0 Å². The van der Waals surface area contributed by atoms with Crippen molar-refractivity contribution in [3.05, 3.63) is 199 Å². The molecule has 12 rings (SSSR count). The first-order chi connectivity index (χ1) is 35.7. The molecule has 0 saturated heterocycles. The van der Waals surface area contributed by atoms with Crippen molar-refractivity contribution >= 4 is 89.8 Å². The number of hydrogen-bond donors (Lipinski definition) is 0. The lowest BCUT2D eigenvalue weighted by Gasteiger charge is -2.26. The maximum Gasteiger partial charge on any atom is 0.137 e. The van der Waals surface area contributed by atoms with Crippen LogP contribution >= 0.6 is 0 Å². The molecule has 1 aliphatic rings. The Balaban J connectivity index is 1.05. The van der Waals surface area contributed by atoms with Crippen LogP contribution < -0.4 is 14.8 Å². The van der Waals surface area contributed by atoms with Gasteiger partial charge in [-0.2, -0.15) is 0 Å². The van der Waals surface area contributed by atoms with Gasteiger partial charge in [0.15, 0.2) is 0 Å². The number of hydrogen-bond acceptors (Lipinski definition) is 3. The molecule has 0 saturated carbocycles. The summed E-state index contributed by atoms with van der Waals surface area (Å²) in [6.45, 7) is 28.6. The first-order valence-electron chi connectivity index (χ1n) is 26.7. The van der Waals surface area contributed by atoms with E-state index in [9.17, 15) is 0 Å². The van der Waals surface area contributed by atoms with Crippen LogP contribution in [-0.4, -0.2) is 22.2 Å². The molecule has 0 atom stereocenters. The lowest BCUT2D eigenvalue weighted by molar-refractivity contribution is 0.483. The Kier molecular flexibility index (Phi) is 11.2. The third-order valence-electron chi connectivity index (χ3n) is 15.7. The monoisotopic (exact) mass is 997 g/mol. The van der Waals surface area contributed by atoms with Gasteiger partial charge < -0.3 is 14.2 Å². The van der Waals surface area contributed by atoms with Crippen molar-refractivity contribution in [3.63, 3.8) is 0 Å². The van der Waals surface area contributed by atoms with E-state index in [1.807, 2.05) is 6.20 Å². The van der Waals surface area contributed by atoms with E-state index < -0.39 is 8.07 Å². The van der Waals surface area contributed by atoms with Crippen molar-refractivity contribution in [2.75, 3.05) is 4.90 Å². The fourth-order valence-electron chi connectivity index (χ4n) is 11.4. The van der Waals surface area contributed by atoms with E-state index in [1.54, 1.807) is 0 Å². The zero-order valence-electron chi connectivity index (χ0n) is 45.7. The number of nitrogens with zero attached hydrogens (tertiary/aromatic N) is 4. The van der Waals surface area contributed by atoms with E-state index in [-0.39, 0.29) is 16.2 Å². The highest BCUT2D eigenvalue weighted by molar-refractivity contribution is 6.88. The number of rotatable bonds is 6. The fraction of sp³-hybridized carbons (Fsp3) is 0.232. The first kappa shape index (κ1) is 48.3. The summed E-state index contributed by atoms with van der Waals surface area (Å²) in [5, 5.41) is 11.2. The quantitative estimate of drug-likeness (QED) is 0.156. The molecule has 4 heterocycles.